The highest BCUT2D eigenvalue weighted by atomic mass is 35.5. The lowest BCUT2D eigenvalue weighted by atomic mass is 10.2. The van der Waals surface area contributed by atoms with E-state index in [-0.39, 0.29) is 12.4 Å². The van der Waals surface area contributed by atoms with Gasteiger partial charge < -0.3 is 4.74 Å². The molecule has 0 unspecified atom stereocenters. The standard InChI is InChI=1S/C15H18N2O.ClH/c1-18-15-9-5-8-14(10-15)12-17-16-11-13-6-3-2-4-7-13;/h2-10,16-17H,11-12H2,1H3;1H. The smallest absolute Gasteiger partial charge is 0.119 e. The molecule has 0 fully saturated rings. The van der Waals surface area contributed by atoms with E-state index in [9.17, 15) is 0 Å². The average Bonchev–Trinajstić information content (AvgIpc) is 2.45. The Morgan fingerprint density at radius 2 is 1.47 bits per heavy atom. The van der Waals surface area contributed by atoms with E-state index < -0.39 is 0 Å². The summed E-state index contributed by atoms with van der Waals surface area (Å²) < 4.78 is 5.18. The van der Waals surface area contributed by atoms with Crippen molar-refractivity contribution in [2.45, 2.75) is 13.1 Å². The summed E-state index contributed by atoms with van der Waals surface area (Å²) >= 11 is 0. The van der Waals surface area contributed by atoms with Gasteiger partial charge in [-0.1, -0.05) is 42.5 Å². The molecule has 0 saturated carbocycles. The van der Waals surface area contributed by atoms with Gasteiger partial charge in [0.25, 0.3) is 0 Å². The first-order chi connectivity index (χ1) is 8.88. The Bertz CT molecular complexity index is 477. The van der Waals surface area contributed by atoms with Gasteiger partial charge in [0.05, 0.1) is 7.11 Å². The van der Waals surface area contributed by atoms with Gasteiger partial charge >= 0.3 is 0 Å². The molecule has 2 aromatic rings. The van der Waals surface area contributed by atoms with Gasteiger partial charge in [0.2, 0.25) is 0 Å². The maximum Gasteiger partial charge on any atom is 0.119 e. The third kappa shape index (κ3) is 5.30. The number of benzene rings is 2. The topological polar surface area (TPSA) is 33.3 Å². The predicted octanol–water partition coefficient (Wildman–Crippen LogP) is 2.91. The van der Waals surface area contributed by atoms with E-state index >= 15 is 0 Å². The molecule has 0 bridgehead atoms. The quantitative estimate of drug-likeness (QED) is 0.630. The van der Waals surface area contributed by atoms with Crippen molar-refractivity contribution < 1.29 is 4.74 Å². The molecule has 2 N–H and O–H groups in total. The minimum atomic E-state index is 0. The summed E-state index contributed by atoms with van der Waals surface area (Å²) in [5.74, 6) is 0.886. The Hall–Kier alpha value is -1.55. The Balaban J connectivity index is 0.00000180. The molecule has 0 radical (unpaired) electrons. The van der Waals surface area contributed by atoms with Gasteiger partial charge in [0, 0.05) is 13.1 Å². The second-order valence-electron chi connectivity index (χ2n) is 4.04. The van der Waals surface area contributed by atoms with Gasteiger partial charge in [-0.15, -0.1) is 12.4 Å². The second kappa shape index (κ2) is 8.53. The van der Waals surface area contributed by atoms with Crippen LogP contribution in [0.15, 0.2) is 54.6 Å². The summed E-state index contributed by atoms with van der Waals surface area (Å²) in [5.41, 5.74) is 8.84. The van der Waals surface area contributed by atoms with Crippen molar-refractivity contribution in [1.29, 1.82) is 0 Å². The Morgan fingerprint density at radius 1 is 0.842 bits per heavy atom. The lowest BCUT2D eigenvalue weighted by Gasteiger charge is -2.08. The van der Waals surface area contributed by atoms with E-state index in [4.69, 9.17) is 4.74 Å². The third-order valence-corrected chi connectivity index (χ3v) is 2.69. The monoisotopic (exact) mass is 278 g/mol. The van der Waals surface area contributed by atoms with Gasteiger partial charge in [-0.05, 0) is 23.3 Å². The number of rotatable bonds is 6. The predicted molar refractivity (Wildman–Crippen MR) is 80.4 cm³/mol. The Kier molecular flexibility index (Phi) is 6.97. The molecule has 0 aliphatic heterocycles. The molecule has 2 rings (SSSR count). The van der Waals surface area contributed by atoms with Crippen LogP contribution in [-0.2, 0) is 13.1 Å². The van der Waals surface area contributed by atoms with Gasteiger partial charge in [-0.2, -0.15) is 0 Å². The fraction of sp³-hybridized carbons (Fsp3) is 0.200. The zero-order chi connectivity index (χ0) is 12.6. The SMILES string of the molecule is COc1cccc(CNNCc2ccccc2)c1.Cl. The summed E-state index contributed by atoms with van der Waals surface area (Å²) in [7, 11) is 1.68. The van der Waals surface area contributed by atoms with E-state index in [0.29, 0.717) is 0 Å². The Morgan fingerprint density at radius 3 is 2.16 bits per heavy atom. The van der Waals surface area contributed by atoms with Crippen LogP contribution in [-0.4, -0.2) is 7.11 Å². The van der Waals surface area contributed by atoms with Crippen LogP contribution in [0.1, 0.15) is 11.1 Å². The number of nitrogens with one attached hydrogen (secondary N) is 2. The summed E-state index contributed by atoms with van der Waals surface area (Å²) in [4.78, 5) is 0. The van der Waals surface area contributed by atoms with E-state index in [1.54, 1.807) is 7.11 Å². The fourth-order valence-electron chi connectivity index (χ4n) is 1.71. The van der Waals surface area contributed by atoms with Gasteiger partial charge in [0.1, 0.15) is 5.75 Å². The molecular weight excluding hydrogens is 260 g/mol. The van der Waals surface area contributed by atoms with Crippen LogP contribution in [0, 0.1) is 0 Å². The Labute approximate surface area is 120 Å². The number of hydrogen-bond acceptors (Lipinski definition) is 3. The van der Waals surface area contributed by atoms with E-state index in [0.717, 1.165) is 18.8 Å². The van der Waals surface area contributed by atoms with Gasteiger partial charge in [-0.3, -0.25) is 10.9 Å². The molecule has 0 aliphatic carbocycles. The van der Waals surface area contributed by atoms with Crippen LogP contribution in [0.5, 0.6) is 5.75 Å². The molecule has 0 amide bonds. The lowest BCUT2D eigenvalue weighted by Crippen LogP contribution is -2.30. The first-order valence-corrected chi connectivity index (χ1v) is 6.01. The number of halogens is 1. The summed E-state index contributed by atoms with van der Waals surface area (Å²) in [6.07, 6.45) is 0. The lowest BCUT2D eigenvalue weighted by molar-refractivity contribution is 0.413. The molecule has 0 atom stereocenters. The molecule has 102 valence electrons. The molecule has 0 aliphatic rings. The molecular formula is C15H19ClN2O. The van der Waals surface area contributed by atoms with E-state index in [2.05, 4.69) is 29.1 Å². The normalized spacial score (nSPS) is 9.74. The van der Waals surface area contributed by atoms with Crippen LogP contribution >= 0.6 is 12.4 Å². The number of ether oxygens (including phenoxy) is 1. The number of hydrazine groups is 1. The van der Waals surface area contributed by atoms with Crippen LogP contribution in [0.4, 0.5) is 0 Å². The molecule has 0 heterocycles. The summed E-state index contributed by atoms with van der Waals surface area (Å²) in [5, 5.41) is 0. The van der Waals surface area contributed by atoms with Crippen molar-refractivity contribution in [1.82, 2.24) is 10.9 Å². The van der Waals surface area contributed by atoms with Crippen LogP contribution in [0.25, 0.3) is 0 Å². The highest BCUT2D eigenvalue weighted by Crippen LogP contribution is 2.11. The minimum Gasteiger partial charge on any atom is -0.497 e. The molecule has 0 spiro atoms. The molecule has 2 aromatic carbocycles. The zero-order valence-electron chi connectivity index (χ0n) is 10.9. The molecule has 4 heteroatoms. The van der Waals surface area contributed by atoms with E-state index in [1.165, 1.54) is 11.1 Å². The highest BCUT2D eigenvalue weighted by Gasteiger charge is 1.95. The number of hydrogen-bond donors (Lipinski definition) is 2. The maximum atomic E-state index is 5.18. The highest BCUT2D eigenvalue weighted by molar-refractivity contribution is 5.85. The minimum absolute atomic E-state index is 0. The van der Waals surface area contributed by atoms with Crippen molar-refractivity contribution >= 4 is 12.4 Å². The largest absolute Gasteiger partial charge is 0.497 e. The van der Waals surface area contributed by atoms with Crippen molar-refractivity contribution in [2.75, 3.05) is 7.11 Å². The van der Waals surface area contributed by atoms with E-state index in [1.807, 2.05) is 36.4 Å². The van der Waals surface area contributed by atoms with Crippen molar-refractivity contribution in [3.63, 3.8) is 0 Å². The van der Waals surface area contributed by atoms with Crippen LogP contribution < -0.4 is 15.6 Å². The average molecular weight is 279 g/mol. The van der Waals surface area contributed by atoms with Gasteiger partial charge in [0.15, 0.2) is 0 Å². The fourth-order valence-corrected chi connectivity index (χ4v) is 1.71. The molecule has 3 nitrogen and oxygen atoms in total. The number of methoxy groups -OCH3 is 1. The second-order valence-corrected chi connectivity index (χ2v) is 4.04. The maximum absolute atomic E-state index is 5.18. The molecule has 0 saturated heterocycles. The summed E-state index contributed by atoms with van der Waals surface area (Å²) in [6, 6.07) is 18.3. The molecule has 0 aromatic heterocycles. The van der Waals surface area contributed by atoms with Crippen molar-refractivity contribution in [3.05, 3.63) is 65.7 Å². The van der Waals surface area contributed by atoms with Crippen molar-refractivity contribution in [2.24, 2.45) is 0 Å². The molecule has 19 heavy (non-hydrogen) atoms. The first-order valence-electron chi connectivity index (χ1n) is 6.01. The first kappa shape index (κ1) is 15.5. The van der Waals surface area contributed by atoms with Gasteiger partial charge in [-0.25, -0.2) is 0 Å². The summed E-state index contributed by atoms with van der Waals surface area (Å²) in [6.45, 7) is 1.58. The zero-order valence-corrected chi connectivity index (χ0v) is 11.7. The van der Waals surface area contributed by atoms with Crippen molar-refractivity contribution in [3.8, 4) is 5.75 Å². The van der Waals surface area contributed by atoms with Crippen LogP contribution in [0.3, 0.4) is 0 Å². The third-order valence-electron chi connectivity index (χ3n) is 2.69. The van der Waals surface area contributed by atoms with Crippen LogP contribution in [0.2, 0.25) is 0 Å².